The normalized spacial score (nSPS) is 14.6. The van der Waals surface area contributed by atoms with Gasteiger partial charge >= 0.3 is 0 Å². The lowest BCUT2D eigenvalue weighted by atomic mass is 10.2. The first kappa shape index (κ1) is 13.1. The minimum Gasteiger partial charge on any atom is -0.353 e. The number of carbonyl (C=O) groups excluding carboxylic acids is 1. The Balaban J connectivity index is 1.38. The molecule has 3 rings (SSSR count). The summed E-state index contributed by atoms with van der Waals surface area (Å²) in [5, 5.41) is 10.7. The van der Waals surface area contributed by atoms with Crippen LogP contribution in [0.1, 0.15) is 31.2 Å². The van der Waals surface area contributed by atoms with Crippen molar-refractivity contribution in [3.05, 3.63) is 36.2 Å². The molecule has 0 atom stereocenters. The lowest BCUT2D eigenvalue weighted by Gasteiger charge is -2.05. The van der Waals surface area contributed by atoms with Gasteiger partial charge in [-0.2, -0.15) is 5.10 Å². The van der Waals surface area contributed by atoms with Crippen molar-refractivity contribution in [2.24, 2.45) is 0 Å². The molecular formula is C15H20N4O. The fourth-order valence-electron chi connectivity index (χ4n) is 2.25. The number of hydrogen-bond acceptors (Lipinski definition) is 3. The summed E-state index contributed by atoms with van der Waals surface area (Å²) in [6, 6.07) is 6.51. The zero-order valence-electron chi connectivity index (χ0n) is 11.5. The molecule has 2 heterocycles. The Morgan fingerprint density at radius 3 is 3.15 bits per heavy atom. The van der Waals surface area contributed by atoms with Crippen molar-refractivity contribution in [3.63, 3.8) is 0 Å². The Morgan fingerprint density at radius 2 is 2.30 bits per heavy atom. The van der Waals surface area contributed by atoms with Crippen LogP contribution >= 0.6 is 0 Å². The largest absolute Gasteiger partial charge is 0.353 e. The van der Waals surface area contributed by atoms with Gasteiger partial charge in [-0.15, -0.1) is 0 Å². The van der Waals surface area contributed by atoms with E-state index in [2.05, 4.69) is 21.8 Å². The Morgan fingerprint density at radius 1 is 1.40 bits per heavy atom. The molecular weight excluding hydrogens is 252 g/mol. The molecule has 5 nitrogen and oxygen atoms in total. The summed E-state index contributed by atoms with van der Waals surface area (Å²) in [5.74, 6) is 0.185. The first-order chi connectivity index (χ1) is 9.83. The zero-order chi connectivity index (χ0) is 13.8. The SMILES string of the molecule is O=C(CCCNCc1cnn2ccccc12)NC1CC1. The van der Waals surface area contributed by atoms with Crippen LogP contribution in [0.15, 0.2) is 30.6 Å². The smallest absolute Gasteiger partial charge is 0.220 e. The van der Waals surface area contributed by atoms with E-state index in [1.807, 2.05) is 29.0 Å². The molecule has 0 unspecified atom stereocenters. The van der Waals surface area contributed by atoms with Crippen LogP contribution < -0.4 is 10.6 Å². The highest BCUT2D eigenvalue weighted by molar-refractivity contribution is 5.76. The van der Waals surface area contributed by atoms with E-state index in [0.717, 1.165) is 37.9 Å². The average molecular weight is 272 g/mol. The Kier molecular flexibility index (Phi) is 3.97. The highest BCUT2D eigenvalue weighted by Gasteiger charge is 2.22. The van der Waals surface area contributed by atoms with E-state index in [1.165, 1.54) is 5.56 Å². The maximum absolute atomic E-state index is 11.5. The molecule has 0 spiro atoms. The number of amides is 1. The van der Waals surface area contributed by atoms with Crippen molar-refractivity contribution < 1.29 is 4.79 Å². The molecule has 5 heteroatoms. The molecule has 0 saturated heterocycles. The van der Waals surface area contributed by atoms with Gasteiger partial charge in [-0.25, -0.2) is 4.52 Å². The van der Waals surface area contributed by atoms with E-state index < -0.39 is 0 Å². The van der Waals surface area contributed by atoms with Gasteiger partial charge in [-0.05, 0) is 37.9 Å². The number of fused-ring (bicyclic) bond motifs is 1. The number of rotatable bonds is 7. The summed E-state index contributed by atoms with van der Waals surface area (Å²) < 4.78 is 1.88. The molecule has 1 saturated carbocycles. The van der Waals surface area contributed by atoms with Gasteiger partial charge in [0.2, 0.25) is 5.91 Å². The van der Waals surface area contributed by atoms with Crippen molar-refractivity contribution in [2.45, 2.75) is 38.3 Å². The quantitative estimate of drug-likeness (QED) is 0.751. The minimum atomic E-state index is 0.185. The van der Waals surface area contributed by atoms with Crippen molar-refractivity contribution in [1.29, 1.82) is 0 Å². The molecule has 0 aromatic carbocycles. The topological polar surface area (TPSA) is 58.4 Å². The number of carbonyl (C=O) groups is 1. The molecule has 1 aliphatic carbocycles. The van der Waals surface area contributed by atoms with Crippen LogP contribution in [-0.2, 0) is 11.3 Å². The Labute approximate surface area is 118 Å². The average Bonchev–Trinajstić information content (AvgIpc) is 3.17. The second-order valence-electron chi connectivity index (χ2n) is 5.32. The standard InChI is InChI=1S/C15H20N4O/c20-15(18-13-6-7-13)5-3-8-16-10-12-11-17-19-9-2-1-4-14(12)19/h1-2,4,9,11,13,16H,3,5-8,10H2,(H,18,20). The van der Waals surface area contributed by atoms with E-state index in [-0.39, 0.29) is 5.91 Å². The van der Waals surface area contributed by atoms with Gasteiger partial charge in [0.1, 0.15) is 0 Å². The van der Waals surface area contributed by atoms with E-state index in [1.54, 1.807) is 0 Å². The van der Waals surface area contributed by atoms with Crippen LogP contribution in [0.5, 0.6) is 0 Å². The molecule has 0 aliphatic heterocycles. The van der Waals surface area contributed by atoms with Crippen molar-refractivity contribution in [3.8, 4) is 0 Å². The lowest BCUT2D eigenvalue weighted by molar-refractivity contribution is -0.121. The summed E-state index contributed by atoms with van der Waals surface area (Å²) in [6.07, 6.45) is 7.62. The maximum atomic E-state index is 11.5. The minimum absolute atomic E-state index is 0.185. The molecule has 0 radical (unpaired) electrons. The fraction of sp³-hybridized carbons (Fsp3) is 0.467. The van der Waals surface area contributed by atoms with Gasteiger partial charge in [0, 0.05) is 30.8 Å². The first-order valence-corrected chi connectivity index (χ1v) is 7.24. The Hall–Kier alpha value is -1.88. The van der Waals surface area contributed by atoms with Crippen molar-refractivity contribution in [1.82, 2.24) is 20.2 Å². The molecule has 0 bridgehead atoms. The highest BCUT2D eigenvalue weighted by Crippen LogP contribution is 2.18. The Bertz CT molecular complexity index is 588. The first-order valence-electron chi connectivity index (χ1n) is 7.24. The van der Waals surface area contributed by atoms with Crippen LogP contribution in [0.3, 0.4) is 0 Å². The van der Waals surface area contributed by atoms with Crippen LogP contribution in [0.2, 0.25) is 0 Å². The van der Waals surface area contributed by atoms with E-state index in [0.29, 0.717) is 12.5 Å². The van der Waals surface area contributed by atoms with Crippen LogP contribution in [-0.4, -0.2) is 28.1 Å². The number of nitrogens with one attached hydrogen (secondary N) is 2. The van der Waals surface area contributed by atoms with Gasteiger partial charge in [0.05, 0.1) is 11.7 Å². The summed E-state index contributed by atoms with van der Waals surface area (Å²) >= 11 is 0. The highest BCUT2D eigenvalue weighted by atomic mass is 16.1. The van der Waals surface area contributed by atoms with Gasteiger partial charge in [-0.1, -0.05) is 6.07 Å². The molecule has 2 aromatic rings. The van der Waals surface area contributed by atoms with Crippen LogP contribution in [0.25, 0.3) is 5.52 Å². The number of aromatic nitrogens is 2. The van der Waals surface area contributed by atoms with Gasteiger partial charge in [-0.3, -0.25) is 4.79 Å². The second-order valence-corrected chi connectivity index (χ2v) is 5.32. The third-order valence-electron chi connectivity index (χ3n) is 3.52. The molecule has 2 N–H and O–H groups in total. The molecule has 1 fully saturated rings. The van der Waals surface area contributed by atoms with E-state index in [4.69, 9.17) is 0 Å². The summed E-state index contributed by atoms with van der Waals surface area (Å²) in [7, 11) is 0. The third-order valence-corrected chi connectivity index (χ3v) is 3.52. The molecule has 2 aromatic heterocycles. The van der Waals surface area contributed by atoms with E-state index >= 15 is 0 Å². The van der Waals surface area contributed by atoms with Crippen molar-refractivity contribution >= 4 is 11.4 Å². The van der Waals surface area contributed by atoms with Crippen molar-refractivity contribution in [2.75, 3.05) is 6.54 Å². The van der Waals surface area contributed by atoms with Gasteiger partial charge < -0.3 is 10.6 Å². The summed E-state index contributed by atoms with van der Waals surface area (Å²) in [4.78, 5) is 11.5. The second kappa shape index (κ2) is 6.05. The van der Waals surface area contributed by atoms with Gasteiger partial charge in [0.25, 0.3) is 0 Å². The summed E-state index contributed by atoms with van der Waals surface area (Å²) in [6.45, 7) is 1.64. The fourth-order valence-corrected chi connectivity index (χ4v) is 2.25. The predicted molar refractivity (Wildman–Crippen MR) is 77.3 cm³/mol. The number of hydrogen-bond donors (Lipinski definition) is 2. The molecule has 20 heavy (non-hydrogen) atoms. The van der Waals surface area contributed by atoms with E-state index in [9.17, 15) is 4.79 Å². The zero-order valence-corrected chi connectivity index (χ0v) is 11.5. The molecule has 1 amide bonds. The lowest BCUT2D eigenvalue weighted by Crippen LogP contribution is -2.26. The van der Waals surface area contributed by atoms with Crippen LogP contribution in [0, 0.1) is 0 Å². The number of pyridine rings is 1. The number of nitrogens with zero attached hydrogens (tertiary/aromatic N) is 2. The summed E-state index contributed by atoms with van der Waals surface area (Å²) in [5.41, 5.74) is 2.32. The third kappa shape index (κ3) is 3.36. The molecule has 106 valence electrons. The van der Waals surface area contributed by atoms with Gasteiger partial charge in [0.15, 0.2) is 0 Å². The van der Waals surface area contributed by atoms with Crippen LogP contribution in [0.4, 0.5) is 0 Å². The molecule has 1 aliphatic rings. The maximum Gasteiger partial charge on any atom is 0.220 e. The monoisotopic (exact) mass is 272 g/mol. The predicted octanol–water partition coefficient (Wildman–Crippen LogP) is 1.48.